The van der Waals surface area contributed by atoms with E-state index in [0.717, 1.165) is 35.5 Å². The monoisotopic (exact) mass is 443 g/mol. The maximum absolute atomic E-state index is 13.2. The van der Waals surface area contributed by atoms with E-state index in [9.17, 15) is 14.4 Å². The Morgan fingerprint density at radius 1 is 1.28 bits per heavy atom. The van der Waals surface area contributed by atoms with Crippen LogP contribution in [0.4, 0.5) is 4.79 Å². The van der Waals surface area contributed by atoms with Gasteiger partial charge in [0.25, 0.3) is 5.91 Å². The minimum atomic E-state index is -0.843. The Hall–Kier alpha value is -2.57. The molecule has 0 unspecified atom stereocenters. The molecule has 0 atom stereocenters. The fraction of sp³-hybridized carbons (Fsp3) is 0.640. The van der Waals surface area contributed by atoms with Crippen LogP contribution < -0.4 is 10.1 Å². The molecule has 1 saturated carbocycles. The zero-order valence-corrected chi connectivity index (χ0v) is 20.1. The number of imide groups is 1. The third-order valence-corrected chi connectivity index (χ3v) is 7.51. The van der Waals surface area contributed by atoms with Crippen molar-refractivity contribution in [2.45, 2.75) is 65.3 Å². The number of benzene rings is 1. The normalized spacial score (nSPS) is 23.4. The maximum atomic E-state index is 13.2. The smallest absolute Gasteiger partial charge is 0.325 e. The van der Waals surface area contributed by atoms with Crippen LogP contribution in [0.5, 0.6) is 5.75 Å². The lowest BCUT2D eigenvalue weighted by atomic mass is 9.65. The van der Waals surface area contributed by atoms with Crippen LogP contribution in [0.15, 0.2) is 24.3 Å². The van der Waals surface area contributed by atoms with E-state index >= 15 is 0 Å². The summed E-state index contributed by atoms with van der Waals surface area (Å²) in [5, 5.41) is 2.92. The second kappa shape index (κ2) is 9.51. The Balaban J connectivity index is 1.52. The topological polar surface area (TPSA) is 79.0 Å². The minimum absolute atomic E-state index is 0.228. The van der Waals surface area contributed by atoms with Crippen molar-refractivity contribution in [2.24, 2.45) is 11.3 Å². The molecule has 32 heavy (non-hydrogen) atoms. The fourth-order valence-electron chi connectivity index (χ4n) is 4.73. The van der Waals surface area contributed by atoms with Crippen molar-refractivity contribution in [1.82, 2.24) is 15.1 Å². The highest BCUT2D eigenvalue weighted by atomic mass is 16.5. The maximum Gasteiger partial charge on any atom is 0.325 e. The number of hydrogen-bond donors (Lipinski definition) is 1. The van der Waals surface area contributed by atoms with Gasteiger partial charge in [0, 0.05) is 7.05 Å². The van der Waals surface area contributed by atoms with Gasteiger partial charge in [-0.2, -0.15) is 0 Å². The average Bonchev–Trinajstić information content (AvgIpc) is 2.98. The van der Waals surface area contributed by atoms with Gasteiger partial charge in [-0.3, -0.25) is 14.5 Å². The molecule has 2 aliphatic rings. The number of ether oxygens (including phenoxy) is 1. The summed E-state index contributed by atoms with van der Waals surface area (Å²) in [5.41, 5.74) is 0.489. The molecule has 7 nitrogen and oxygen atoms in total. The molecule has 1 spiro atoms. The third-order valence-electron chi connectivity index (χ3n) is 7.51. The molecule has 4 amide bonds. The molecule has 1 aliphatic carbocycles. The predicted octanol–water partition coefficient (Wildman–Crippen LogP) is 3.75. The number of aryl methyl sites for hydroxylation is 1. The summed E-state index contributed by atoms with van der Waals surface area (Å²) in [6.07, 6.45) is 4.17. The molecule has 2 fully saturated rings. The molecule has 1 aromatic carbocycles. The highest BCUT2D eigenvalue weighted by molar-refractivity contribution is 6.09. The lowest BCUT2D eigenvalue weighted by molar-refractivity contribution is -0.139. The van der Waals surface area contributed by atoms with Crippen LogP contribution in [0.1, 0.15) is 58.4 Å². The number of urea groups is 1. The van der Waals surface area contributed by atoms with Gasteiger partial charge in [0.15, 0.2) is 0 Å². The number of rotatable bonds is 8. The van der Waals surface area contributed by atoms with Crippen molar-refractivity contribution in [3.05, 3.63) is 29.8 Å². The van der Waals surface area contributed by atoms with Gasteiger partial charge in [-0.15, -0.1) is 0 Å². The second-order valence-electron chi connectivity index (χ2n) is 10.0. The van der Waals surface area contributed by atoms with Crippen molar-refractivity contribution in [2.75, 3.05) is 26.7 Å². The first-order chi connectivity index (χ1) is 15.1. The lowest BCUT2D eigenvalue weighted by Gasteiger charge is -2.42. The Morgan fingerprint density at radius 2 is 1.97 bits per heavy atom. The largest absolute Gasteiger partial charge is 0.492 e. The summed E-state index contributed by atoms with van der Waals surface area (Å²) in [7, 11) is 1.66. The number of carbonyl (C=O) groups is 3. The standard InChI is InChI=1S/C25H37N3O4/c1-6-24(3,4)19-10-12-25(13-11-19)22(30)28(23(31)26-25)17-21(29)27(5)14-15-32-20-9-7-8-18(2)16-20/h7-9,16,19H,6,10-15,17H2,1-5H3,(H,26,31). The lowest BCUT2D eigenvalue weighted by Crippen LogP contribution is -2.51. The van der Waals surface area contributed by atoms with Gasteiger partial charge in [0.1, 0.15) is 24.4 Å². The molecular weight excluding hydrogens is 406 g/mol. The number of hydrogen-bond acceptors (Lipinski definition) is 4. The van der Waals surface area contributed by atoms with E-state index in [1.165, 1.54) is 4.90 Å². The molecule has 1 aromatic rings. The Bertz CT molecular complexity index is 858. The number of carbonyl (C=O) groups excluding carboxylic acids is 3. The number of nitrogens with one attached hydrogen (secondary N) is 1. The quantitative estimate of drug-likeness (QED) is 0.621. The predicted molar refractivity (Wildman–Crippen MR) is 123 cm³/mol. The first-order valence-corrected chi connectivity index (χ1v) is 11.7. The summed E-state index contributed by atoms with van der Waals surface area (Å²) in [5.74, 6) is 0.758. The highest BCUT2D eigenvalue weighted by Gasteiger charge is 2.53. The van der Waals surface area contributed by atoms with Crippen LogP contribution in [0.2, 0.25) is 0 Å². The van der Waals surface area contributed by atoms with Crippen LogP contribution in [0.3, 0.4) is 0 Å². The van der Waals surface area contributed by atoms with Crippen molar-refractivity contribution in [3.63, 3.8) is 0 Å². The van der Waals surface area contributed by atoms with Crippen LogP contribution in [0, 0.1) is 18.3 Å². The van der Waals surface area contributed by atoms with Gasteiger partial charge in [0.2, 0.25) is 5.91 Å². The van der Waals surface area contributed by atoms with E-state index < -0.39 is 11.6 Å². The van der Waals surface area contributed by atoms with E-state index in [1.54, 1.807) is 7.05 Å². The van der Waals surface area contributed by atoms with E-state index in [-0.39, 0.29) is 23.8 Å². The Labute approximate surface area is 191 Å². The van der Waals surface area contributed by atoms with Crippen LogP contribution in [0.25, 0.3) is 0 Å². The molecule has 0 aromatic heterocycles. The van der Waals surface area contributed by atoms with Crippen LogP contribution >= 0.6 is 0 Å². The number of nitrogens with zero attached hydrogens (tertiary/aromatic N) is 2. The second-order valence-corrected chi connectivity index (χ2v) is 10.0. The number of amides is 4. The van der Waals surface area contributed by atoms with Crippen LogP contribution in [-0.4, -0.2) is 59.9 Å². The molecule has 1 aliphatic heterocycles. The first-order valence-electron chi connectivity index (χ1n) is 11.7. The minimum Gasteiger partial charge on any atom is -0.492 e. The molecule has 3 rings (SSSR count). The highest BCUT2D eigenvalue weighted by Crippen LogP contribution is 2.45. The van der Waals surface area contributed by atoms with Gasteiger partial charge < -0.3 is 15.0 Å². The molecule has 0 radical (unpaired) electrons. The van der Waals surface area contributed by atoms with Gasteiger partial charge in [-0.05, 0) is 61.6 Å². The Morgan fingerprint density at radius 3 is 2.59 bits per heavy atom. The number of likely N-dealkylation sites (N-methyl/N-ethyl adjacent to an activating group) is 1. The molecule has 7 heteroatoms. The van der Waals surface area contributed by atoms with Crippen molar-refractivity contribution < 1.29 is 19.1 Å². The van der Waals surface area contributed by atoms with Crippen molar-refractivity contribution >= 4 is 17.8 Å². The van der Waals surface area contributed by atoms with Crippen molar-refractivity contribution in [3.8, 4) is 5.75 Å². The average molecular weight is 444 g/mol. The third kappa shape index (κ3) is 5.08. The summed E-state index contributed by atoms with van der Waals surface area (Å²) >= 11 is 0. The van der Waals surface area contributed by atoms with Crippen LogP contribution in [-0.2, 0) is 9.59 Å². The van der Waals surface area contributed by atoms with Gasteiger partial charge >= 0.3 is 6.03 Å². The first kappa shape index (κ1) is 24.1. The van der Waals surface area contributed by atoms with Crippen molar-refractivity contribution in [1.29, 1.82) is 0 Å². The van der Waals surface area contributed by atoms with E-state index in [2.05, 4.69) is 26.1 Å². The molecular formula is C25H37N3O4. The summed E-state index contributed by atoms with van der Waals surface area (Å²) in [4.78, 5) is 41.0. The summed E-state index contributed by atoms with van der Waals surface area (Å²) < 4.78 is 5.70. The van der Waals surface area contributed by atoms with E-state index in [1.807, 2.05) is 31.2 Å². The molecule has 176 valence electrons. The van der Waals surface area contributed by atoms with Gasteiger partial charge in [-0.1, -0.05) is 39.3 Å². The van der Waals surface area contributed by atoms with Gasteiger partial charge in [-0.25, -0.2) is 4.79 Å². The summed E-state index contributed by atoms with van der Waals surface area (Å²) in [6.45, 7) is 9.20. The zero-order chi connectivity index (χ0) is 23.5. The zero-order valence-electron chi connectivity index (χ0n) is 20.1. The SMILES string of the molecule is CCC(C)(C)C1CCC2(CC1)NC(=O)N(CC(=O)N(C)CCOc1cccc(C)c1)C2=O. The molecule has 1 saturated heterocycles. The fourth-order valence-corrected chi connectivity index (χ4v) is 4.73. The van der Waals surface area contributed by atoms with Gasteiger partial charge in [0.05, 0.1) is 6.54 Å². The Kier molecular flexibility index (Phi) is 7.16. The molecule has 1 N–H and O–H groups in total. The molecule has 0 bridgehead atoms. The molecule has 1 heterocycles. The van der Waals surface area contributed by atoms with E-state index in [0.29, 0.717) is 31.9 Å². The van der Waals surface area contributed by atoms with E-state index in [4.69, 9.17) is 4.74 Å². The summed E-state index contributed by atoms with van der Waals surface area (Å²) in [6, 6.07) is 7.26.